The molecular formula is C11H15N5O4. The Morgan fingerprint density at radius 3 is 2.75 bits per heavy atom. The number of hydrogen-bond acceptors (Lipinski definition) is 6. The Labute approximate surface area is 115 Å². The van der Waals surface area contributed by atoms with E-state index >= 15 is 0 Å². The third-order valence-electron chi connectivity index (χ3n) is 2.94. The van der Waals surface area contributed by atoms with Crippen molar-refractivity contribution in [3.63, 3.8) is 0 Å². The smallest absolute Gasteiger partial charge is 0.334 e. The van der Waals surface area contributed by atoms with Crippen molar-refractivity contribution in [2.75, 3.05) is 25.0 Å². The molecule has 0 spiro atoms. The zero-order valence-corrected chi connectivity index (χ0v) is 11.2. The number of nitrogens with zero attached hydrogens (tertiary/aromatic N) is 4. The summed E-state index contributed by atoms with van der Waals surface area (Å²) in [6.45, 7) is 4.00. The number of anilines is 1. The molecule has 1 saturated heterocycles. The molecule has 1 unspecified atom stereocenters. The SMILES string of the molecule is Cc1nnc(NC(=O)N2CCOC(C(=O)O)C2)nc1C. The second-order valence-electron chi connectivity index (χ2n) is 4.38. The highest BCUT2D eigenvalue weighted by Crippen LogP contribution is 2.08. The van der Waals surface area contributed by atoms with E-state index < -0.39 is 18.1 Å². The Morgan fingerprint density at radius 1 is 1.35 bits per heavy atom. The number of morpholine rings is 1. The lowest BCUT2D eigenvalue weighted by Gasteiger charge is -2.30. The van der Waals surface area contributed by atoms with Gasteiger partial charge >= 0.3 is 12.0 Å². The van der Waals surface area contributed by atoms with Gasteiger partial charge in [0.25, 0.3) is 5.95 Å². The molecule has 1 aromatic rings. The Hall–Kier alpha value is -2.29. The normalized spacial score (nSPS) is 18.7. The topological polar surface area (TPSA) is 118 Å². The van der Waals surface area contributed by atoms with Crippen molar-refractivity contribution >= 4 is 17.9 Å². The monoisotopic (exact) mass is 281 g/mol. The quantitative estimate of drug-likeness (QED) is 0.771. The van der Waals surface area contributed by atoms with Gasteiger partial charge in [-0.1, -0.05) is 0 Å². The number of carboxylic acid groups (broad SMARTS) is 1. The number of rotatable bonds is 2. The number of amides is 2. The third-order valence-corrected chi connectivity index (χ3v) is 2.94. The van der Waals surface area contributed by atoms with Crippen LogP contribution in [0.25, 0.3) is 0 Å². The molecular weight excluding hydrogens is 266 g/mol. The second kappa shape index (κ2) is 5.78. The van der Waals surface area contributed by atoms with Crippen LogP contribution in [0.5, 0.6) is 0 Å². The van der Waals surface area contributed by atoms with Gasteiger partial charge in [-0.3, -0.25) is 5.32 Å². The first kappa shape index (κ1) is 14.1. The zero-order valence-electron chi connectivity index (χ0n) is 11.2. The fourth-order valence-corrected chi connectivity index (χ4v) is 1.67. The maximum Gasteiger partial charge on any atom is 0.334 e. The van der Waals surface area contributed by atoms with E-state index in [1.807, 2.05) is 0 Å². The molecule has 9 heteroatoms. The van der Waals surface area contributed by atoms with Crippen LogP contribution in [0.1, 0.15) is 11.4 Å². The molecule has 0 radical (unpaired) electrons. The summed E-state index contributed by atoms with van der Waals surface area (Å²) in [5.74, 6) is -0.997. The average molecular weight is 281 g/mol. The lowest BCUT2D eigenvalue weighted by molar-refractivity contribution is -0.154. The molecule has 2 amide bonds. The van der Waals surface area contributed by atoms with Gasteiger partial charge in [-0.2, -0.15) is 5.10 Å². The lowest BCUT2D eigenvalue weighted by Crippen LogP contribution is -2.50. The van der Waals surface area contributed by atoms with Crippen LogP contribution >= 0.6 is 0 Å². The minimum atomic E-state index is -1.09. The molecule has 1 atom stereocenters. The lowest BCUT2D eigenvalue weighted by atomic mass is 10.3. The first-order valence-electron chi connectivity index (χ1n) is 6.05. The van der Waals surface area contributed by atoms with E-state index in [4.69, 9.17) is 9.84 Å². The van der Waals surface area contributed by atoms with E-state index in [1.165, 1.54) is 4.90 Å². The Balaban J connectivity index is 2.00. The van der Waals surface area contributed by atoms with Crippen LogP contribution in [-0.2, 0) is 9.53 Å². The van der Waals surface area contributed by atoms with Crippen molar-refractivity contribution in [3.05, 3.63) is 11.4 Å². The number of carbonyl (C=O) groups is 2. The summed E-state index contributed by atoms with van der Waals surface area (Å²) in [5.41, 5.74) is 1.35. The van der Waals surface area contributed by atoms with Gasteiger partial charge in [-0.15, -0.1) is 5.10 Å². The van der Waals surface area contributed by atoms with E-state index in [9.17, 15) is 9.59 Å². The predicted molar refractivity (Wildman–Crippen MR) is 67.3 cm³/mol. The third kappa shape index (κ3) is 3.18. The van der Waals surface area contributed by atoms with Gasteiger partial charge < -0.3 is 14.7 Å². The summed E-state index contributed by atoms with van der Waals surface area (Å²) in [7, 11) is 0. The second-order valence-corrected chi connectivity index (χ2v) is 4.38. The van der Waals surface area contributed by atoms with Crippen LogP contribution < -0.4 is 5.32 Å². The van der Waals surface area contributed by atoms with Gasteiger partial charge in [0.2, 0.25) is 0 Å². The number of ether oxygens (including phenoxy) is 1. The largest absolute Gasteiger partial charge is 0.479 e. The highest BCUT2D eigenvalue weighted by molar-refractivity contribution is 5.88. The summed E-state index contributed by atoms with van der Waals surface area (Å²) in [4.78, 5) is 28.3. The molecule has 20 heavy (non-hydrogen) atoms. The summed E-state index contributed by atoms with van der Waals surface area (Å²) in [6, 6.07) is -0.468. The van der Waals surface area contributed by atoms with Gasteiger partial charge in [0.1, 0.15) is 0 Å². The average Bonchev–Trinajstić information content (AvgIpc) is 2.43. The number of carbonyl (C=O) groups excluding carboxylic acids is 1. The Bertz CT molecular complexity index is 536. The molecule has 0 saturated carbocycles. The predicted octanol–water partition coefficient (Wildman–Crippen LogP) is -0.194. The van der Waals surface area contributed by atoms with E-state index in [1.54, 1.807) is 13.8 Å². The van der Waals surface area contributed by atoms with Crippen LogP contribution in [0.3, 0.4) is 0 Å². The maximum atomic E-state index is 12.0. The first-order chi connectivity index (χ1) is 9.47. The van der Waals surface area contributed by atoms with Gasteiger partial charge in [0, 0.05) is 6.54 Å². The highest BCUT2D eigenvalue weighted by Gasteiger charge is 2.29. The number of aromatic nitrogens is 3. The fraction of sp³-hybridized carbons (Fsp3) is 0.545. The molecule has 108 valence electrons. The van der Waals surface area contributed by atoms with E-state index in [-0.39, 0.29) is 19.1 Å². The van der Waals surface area contributed by atoms with E-state index in [0.717, 1.165) is 0 Å². The van der Waals surface area contributed by atoms with Crippen LogP contribution in [0.15, 0.2) is 0 Å². The minimum absolute atomic E-state index is 0.0144. The van der Waals surface area contributed by atoms with Gasteiger partial charge in [0.15, 0.2) is 6.10 Å². The van der Waals surface area contributed by atoms with Gasteiger partial charge in [-0.05, 0) is 13.8 Å². The van der Waals surface area contributed by atoms with Crippen LogP contribution in [0, 0.1) is 13.8 Å². The first-order valence-corrected chi connectivity index (χ1v) is 6.05. The molecule has 0 aromatic carbocycles. The number of aryl methyl sites for hydroxylation is 2. The number of urea groups is 1. The van der Waals surface area contributed by atoms with Crippen molar-refractivity contribution < 1.29 is 19.4 Å². The van der Waals surface area contributed by atoms with Crippen LogP contribution in [0.4, 0.5) is 10.7 Å². The molecule has 1 aliphatic heterocycles. The summed E-state index contributed by atoms with van der Waals surface area (Å²) in [6.07, 6.45) is -1.01. The van der Waals surface area contributed by atoms with E-state index in [0.29, 0.717) is 17.9 Å². The zero-order chi connectivity index (χ0) is 14.7. The molecule has 9 nitrogen and oxygen atoms in total. The van der Waals surface area contributed by atoms with Crippen molar-refractivity contribution in [1.29, 1.82) is 0 Å². The molecule has 2 N–H and O–H groups in total. The van der Waals surface area contributed by atoms with Crippen molar-refractivity contribution in [2.24, 2.45) is 0 Å². The van der Waals surface area contributed by atoms with Crippen molar-refractivity contribution in [1.82, 2.24) is 20.1 Å². The molecule has 2 rings (SSSR count). The standard InChI is InChI=1S/C11H15N5O4/c1-6-7(2)14-15-10(12-6)13-11(19)16-3-4-20-8(5-16)9(17)18/h8H,3-5H2,1-2H3,(H,17,18)(H,12,13,15,19). The number of hydrogen-bond donors (Lipinski definition) is 2. The molecule has 1 fully saturated rings. The Kier molecular flexibility index (Phi) is 4.08. The molecule has 0 bridgehead atoms. The number of nitrogens with one attached hydrogen (secondary N) is 1. The van der Waals surface area contributed by atoms with Crippen LogP contribution in [-0.4, -0.2) is 63.0 Å². The molecule has 1 aliphatic rings. The Morgan fingerprint density at radius 2 is 2.10 bits per heavy atom. The minimum Gasteiger partial charge on any atom is -0.479 e. The fourth-order valence-electron chi connectivity index (χ4n) is 1.67. The van der Waals surface area contributed by atoms with Crippen molar-refractivity contribution in [2.45, 2.75) is 20.0 Å². The van der Waals surface area contributed by atoms with Crippen molar-refractivity contribution in [3.8, 4) is 0 Å². The van der Waals surface area contributed by atoms with Gasteiger partial charge in [0.05, 0.1) is 24.5 Å². The number of aliphatic carboxylic acids is 1. The molecule has 0 aliphatic carbocycles. The summed E-state index contributed by atoms with van der Waals surface area (Å²) in [5, 5.41) is 19.0. The van der Waals surface area contributed by atoms with Crippen LogP contribution in [0.2, 0.25) is 0 Å². The molecule has 1 aromatic heterocycles. The highest BCUT2D eigenvalue weighted by atomic mass is 16.5. The van der Waals surface area contributed by atoms with E-state index in [2.05, 4.69) is 20.5 Å². The number of carboxylic acids is 1. The summed E-state index contributed by atoms with van der Waals surface area (Å²) >= 11 is 0. The maximum absolute atomic E-state index is 12.0. The van der Waals surface area contributed by atoms with Gasteiger partial charge in [-0.25, -0.2) is 14.6 Å². The molecule has 2 heterocycles. The summed E-state index contributed by atoms with van der Waals surface area (Å²) < 4.78 is 5.04.